The molecule has 1 atom stereocenters. The Labute approximate surface area is 127 Å². The maximum absolute atomic E-state index is 14.7. The molecule has 116 valence electrons. The van der Waals surface area contributed by atoms with E-state index in [2.05, 4.69) is 0 Å². The SMILES string of the molecule is CCC1Cc2ccc(-c3ccc(C)cc3)c(F)c2OC1(F)F. The van der Waals surface area contributed by atoms with E-state index in [0.29, 0.717) is 11.1 Å². The van der Waals surface area contributed by atoms with Crippen molar-refractivity contribution in [2.75, 3.05) is 0 Å². The zero-order chi connectivity index (χ0) is 15.9. The Balaban J connectivity index is 2.06. The molecule has 0 fully saturated rings. The summed E-state index contributed by atoms with van der Waals surface area (Å²) in [6.07, 6.45) is -2.91. The Bertz CT molecular complexity index is 692. The number of hydrogen-bond donors (Lipinski definition) is 0. The topological polar surface area (TPSA) is 9.23 Å². The van der Waals surface area contributed by atoms with Crippen LogP contribution in [0.5, 0.6) is 5.75 Å². The number of ether oxygens (including phenoxy) is 1. The highest BCUT2D eigenvalue weighted by Crippen LogP contribution is 2.44. The molecule has 0 aliphatic carbocycles. The number of halogens is 3. The van der Waals surface area contributed by atoms with Crippen molar-refractivity contribution in [2.24, 2.45) is 5.92 Å². The van der Waals surface area contributed by atoms with Crippen molar-refractivity contribution in [3.63, 3.8) is 0 Å². The van der Waals surface area contributed by atoms with Gasteiger partial charge in [0.15, 0.2) is 11.6 Å². The van der Waals surface area contributed by atoms with Crippen LogP contribution in [0.4, 0.5) is 13.2 Å². The summed E-state index contributed by atoms with van der Waals surface area (Å²) in [5, 5.41) is 0. The van der Waals surface area contributed by atoms with Gasteiger partial charge in [-0.2, -0.15) is 8.78 Å². The summed E-state index contributed by atoms with van der Waals surface area (Å²) in [4.78, 5) is 0. The molecule has 0 saturated carbocycles. The maximum Gasteiger partial charge on any atom is 0.401 e. The maximum atomic E-state index is 14.7. The van der Waals surface area contributed by atoms with Crippen LogP contribution in [0, 0.1) is 18.7 Å². The minimum atomic E-state index is -3.32. The molecule has 2 aromatic carbocycles. The van der Waals surface area contributed by atoms with Crippen molar-refractivity contribution >= 4 is 0 Å². The fourth-order valence-corrected chi connectivity index (χ4v) is 2.81. The molecule has 3 rings (SSSR count). The second kappa shape index (κ2) is 5.34. The highest BCUT2D eigenvalue weighted by atomic mass is 19.3. The summed E-state index contributed by atoms with van der Waals surface area (Å²) in [6.45, 7) is 3.62. The van der Waals surface area contributed by atoms with E-state index in [1.165, 1.54) is 0 Å². The molecule has 1 nitrogen and oxygen atoms in total. The molecule has 0 bridgehead atoms. The molecule has 0 radical (unpaired) electrons. The van der Waals surface area contributed by atoms with Crippen molar-refractivity contribution in [2.45, 2.75) is 32.8 Å². The second-order valence-electron chi connectivity index (χ2n) is 5.75. The van der Waals surface area contributed by atoms with Gasteiger partial charge < -0.3 is 4.74 Å². The van der Waals surface area contributed by atoms with Crippen LogP contribution in [0.25, 0.3) is 11.1 Å². The molecular formula is C18H17F3O. The van der Waals surface area contributed by atoms with Crippen molar-refractivity contribution < 1.29 is 17.9 Å². The summed E-state index contributed by atoms with van der Waals surface area (Å²) in [6, 6.07) is 10.6. The summed E-state index contributed by atoms with van der Waals surface area (Å²) in [5.41, 5.74) is 2.49. The van der Waals surface area contributed by atoms with Gasteiger partial charge in [0.2, 0.25) is 0 Å². The molecule has 0 spiro atoms. The first-order chi connectivity index (χ1) is 10.4. The molecule has 22 heavy (non-hydrogen) atoms. The predicted molar refractivity (Wildman–Crippen MR) is 79.6 cm³/mol. The number of rotatable bonds is 2. The molecule has 1 aliphatic heterocycles. The van der Waals surface area contributed by atoms with Crippen LogP contribution in [-0.4, -0.2) is 6.11 Å². The second-order valence-corrected chi connectivity index (χ2v) is 5.75. The average Bonchev–Trinajstić information content (AvgIpc) is 2.48. The Morgan fingerprint density at radius 1 is 1.14 bits per heavy atom. The van der Waals surface area contributed by atoms with Gasteiger partial charge in [0.25, 0.3) is 0 Å². The van der Waals surface area contributed by atoms with E-state index in [4.69, 9.17) is 4.74 Å². The highest BCUT2D eigenvalue weighted by Gasteiger charge is 2.46. The summed E-state index contributed by atoms with van der Waals surface area (Å²) in [5.74, 6) is -1.94. The van der Waals surface area contributed by atoms with Gasteiger partial charge in [-0.05, 0) is 30.9 Å². The smallest absolute Gasteiger partial charge is 0.401 e. The van der Waals surface area contributed by atoms with Crippen LogP contribution < -0.4 is 4.74 Å². The molecule has 0 N–H and O–H groups in total. The van der Waals surface area contributed by atoms with E-state index < -0.39 is 17.8 Å². The quantitative estimate of drug-likeness (QED) is 0.726. The number of fused-ring (bicyclic) bond motifs is 1. The largest absolute Gasteiger partial charge is 0.429 e. The Hall–Kier alpha value is -1.97. The number of hydrogen-bond acceptors (Lipinski definition) is 1. The normalized spacial score (nSPS) is 19.4. The summed E-state index contributed by atoms with van der Waals surface area (Å²) >= 11 is 0. The lowest BCUT2D eigenvalue weighted by Gasteiger charge is -2.32. The van der Waals surface area contributed by atoms with Crippen LogP contribution >= 0.6 is 0 Å². The Morgan fingerprint density at radius 3 is 2.45 bits per heavy atom. The Kier molecular flexibility index (Phi) is 3.63. The van der Waals surface area contributed by atoms with Gasteiger partial charge >= 0.3 is 6.11 Å². The van der Waals surface area contributed by atoms with Crippen LogP contribution in [0.2, 0.25) is 0 Å². The third kappa shape index (κ3) is 2.47. The number of benzene rings is 2. The molecule has 1 aliphatic rings. The van der Waals surface area contributed by atoms with E-state index in [1.807, 2.05) is 19.1 Å². The third-order valence-electron chi connectivity index (χ3n) is 4.21. The zero-order valence-electron chi connectivity index (χ0n) is 12.5. The molecular weight excluding hydrogens is 289 g/mol. The minimum Gasteiger partial charge on any atom is -0.429 e. The molecule has 1 heterocycles. The summed E-state index contributed by atoms with van der Waals surface area (Å²) < 4.78 is 47.2. The van der Waals surface area contributed by atoms with Crippen LogP contribution in [0.1, 0.15) is 24.5 Å². The monoisotopic (exact) mass is 306 g/mol. The lowest BCUT2D eigenvalue weighted by molar-refractivity contribution is -0.225. The van der Waals surface area contributed by atoms with E-state index in [0.717, 1.165) is 5.56 Å². The summed E-state index contributed by atoms with van der Waals surface area (Å²) in [7, 11) is 0. The van der Waals surface area contributed by atoms with Crippen molar-refractivity contribution in [1.82, 2.24) is 0 Å². The van der Waals surface area contributed by atoms with Gasteiger partial charge in [-0.3, -0.25) is 0 Å². The van der Waals surface area contributed by atoms with E-state index >= 15 is 0 Å². The standard InChI is InChI=1S/C18H17F3O/c1-3-14-10-13-8-9-15(12-6-4-11(2)5-7-12)16(19)17(13)22-18(14,20)21/h4-9,14H,3,10H2,1-2H3. The van der Waals surface area contributed by atoms with Crippen LogP contribution in [0.15, 0.2) is 36.4 Å². The lowest BCUT2D eigenvalue weighted by atomic mass is 9.90. The average molecular weight is 306 g/mol. The van der Waals surface area contributed by atoms with Crippen LogP contribution in [-0.2, 0) is 6.42 Å². The van der Waals surface area contributed by atoms with Gasteiger partial charge in [0, 0.05) is 5.56 Å². The van der Waals surface area contributed by atoms with Crippen molar-refractivity contribution in [1.29, 1.82) is 0 Å². The fraction of sp³-hybridized carbons (Fsp3) is 0.333. The van der Waals surface area contributed by atoms with Crippen molar-refractivity contribution in [3.8, 4) is 16.9 Å². The van der Waals surface area contributed by atoms with Gasteiger partial charge in [0.1, 0.15) is 0 Å². The van der Waals surface area contributed by atoms with Crippen LogP contribution in [0.3, 0.4) is 0 Å². The Morgan fingerprint density at radius 2 is 1.82 bits per heavy atom. The molecule has 0 amide bonds. The lowest BCUT2D eigenvalue weighted by Crippen LogP contribution is -2.39. The fourth-order valence-electron chi connectivity index (χ4n) is 2.81. The zero-order valence-corrected chi connectivity index (χ0v) is 12.5. The van der Waals surface area contributed by atoms with Crippen molar-refractivity contribution in [3.05, 3.63) is 53.3 Å². The first-order valence-electron chi connectivity index (χ1n) is 7.37. The molecule has 0 aromatic heterocycles. The molecule has 0 saturated heterocycles. The third-order valence-corrected chi connectivity index (χ3v) is 4.21. The molecule has 1 unspecified atom stereocenters. The van der Waals surface area contributed by atoms with Gasteiger partial charge in [0.05, 0.1) is 5.92 Å². The van der Waals surface area contributed by atoms with E-state index in [-0.39, 0.29) is 24.2 Å². The molecule has 2 aromatic rings. The molecule has 4 heteroatoms. The predicted octanol–water partition coefficient (Wildman–Crippen LogP) is 5.36. The van der Waals surface area contributed by atoms with Gasteiger partial charge in [-0.1, -0.05) is 48.9 Å². The number of alkyl halides is 2. The first-order valence-corrected chi connectivity index (χ1v) is 7.37. The van der Waals surface area contributed by atoms with E-state index in [1.54, 1.807) is 31.2 Å². The first kappa shape index (κ1) is 14.9. The minimum absolute atomic E-state index is 0.129. The van der Waals surface area contributed by atoms with Gasteiger partial charge in [-0.15, -0.1) is 0 Å². The number of aryl methyl sites for hydroxylation is 1. The van der Waals surface area contributed by atoms with E-state index in [9.17, 15) is 13.2 Å². The van der Waals surface area contributed by atoms with Gasteiger partial charge in [-0.25, -0.2) is 4.39 Å². The highest BCUT2D eigenvalue weighted by molar-refractivity contribution is 5.67.